The summed E-state index contributed by atoms with van der Waals surface area (Å²) in [4.78, 5) is 8.20. The SMILES string of the molecule is N/C(=N\c1ccncc1)NCCCCCCOc1ccc(Cl)cc1. The standard InChI is InChI=1S/C18H23ClN4O/c19-15-5-7-17(8-6-15)24-14-4-2-1-3-11-22-18(20)23-16-9-12-21-13-10-16/h5-10,12-13H,1-4,11,14H2,(H3,20,21,22,23). The molecule has 0 amide bonds. The van der Waals surface area contributed by atoms with Gasteiger partial charge in [0.15, 0.2) is 5.96 Å². The minimum absolute atomic E-state index is 0.437. The van der Waals surface area contributed by atoms with Crippen molar-refractivity contribution in [2.75, 3.05) is 13.2 Å². The summed E-state index contributed by atoms with van der Waals surface area (Å²) in [5.41, 5.74) is 6.63. The fourth-order valence-electron chi connectivity index (χ4n) is 2.12. The molecule has 0 fully saturated rings. The maximum absolute atomic E-state index is 5.83. The van der Waals surface area contributed by atoms with Crippen molar-refractivity contribution in [2.45, 2.75) is 25.7 Å². The van der Waals surface area contributed by atoms with E-state index in [1.54, 1.807) is 12.4 Å². The highest BCUT2D eigenvalue weighted by Gasteiger charge is 1.96. The van der Waals surface area contributed by atoms with Gasteiger partial charge < -0.3 is 15.8 Å². The number of hydrogen-bond donors (Lipinski definition) is 2. The van der Waals surface area contributed by atoms with Crippen LogP contribution in [0, 0.1) is 0 Å². The second-order valence-corrected chi connectivity index (χ2v) is 5.78. The van der Waals surface area contributed by atoms with E-state index in [9.17, 15) is 0 Å². The molecular weight excluding hydrogens is 324 g/mol. The molecule has 1 heterocycles. The molecule has 0 spiro atoms. The normalized spacial score (nSPS) is 11.3. The summed E-state index contributed by atoms with van der Waals surface area (Å²) in [6.45, 7) is 1.54. The third kappa shape index (κ3) is 7.33. The molecular formula is C18H23ClN4O. The Morgan fingerprint density at radius 1 is 1.04 bits per heavy atom. The first kappa shape index (κ1) is 18.1. The highest BCUT2D eigenvalue weighted by molar-refractivity contribution is 6.30. The molecule has 2 rings (SSSR count). The molecule has 24 heavy (non-hydrogen) atoms. The molecule has 128 valence electrons. The lowest BCUT2D eigenvalue weighted by Gasteiger charge is -2.07. The maximum atomic E-state index is 5.83. The van der Waals surface area contributed by atoms with E-state index in [0.717, 1.165) is 55.3 Å². The first-order chi connectivity index (χ1) is 11.7. The fourth-order valence-corrected chi connectivity index (χ4v) is 2.24. The summed E-state index contributed by atoms with van der Waals surface area (Å²) in [7, 11) is 0. The lowest BCUT2D eigenvalue weighted by Crippen LogP contribution is -2.31. The van der Waals surface area contributed by atoms with Crippen LogP contribution in [0.1, 0.15) is 25.7 Å². The van der Waals surface area contributed by atoms with Gasteiger partial charge in [0, 0.05) is 24.0 Å². The Labute approximate surface area is 147 Å². The average Bonchev–Trinajstić information content (AvgIpc) is 2.60. The first-order valence-electron chi connectivity index (χ1n) is 8.10. The van der Waals surface area contributed by atoms with Crippen LogP contribution in [-0.4, -0.2) is 24.1 Å². The van der Waals surface area contributed by atoms with Gasteiger partial charge in [-0.1, -0.05) is 24.4 Å². The van der Waals surface area contributed by atoms with Crippen LogP contribution in [0.3, 0.4) is 0 Å². The number of ether oxygens (including phenoxy) is 1. The third-order valence-corrected chi connectivity index (χ3v) is 3.62. The van der Waals surface area contributed by atoms with Crippen LogP contribution >= 0.6 is 11.6 Å². The molecule has 6 heteroatoms. The molecule has 0 bridgehead atoms. The Morgan fingerprint density at radius 3 is 2.50 bits per heavy atom. The second kappa shape index (κ2) is 10.5. The zero-order chi connectivity index (χ0) is 17.0. The number of guanidine groups is 1. The van der Waals surface area contributed by atoms with Gasteiger partial charge in [0.1, 0.15) is 5.75 Å². The van der Waals surface area contributed by atoms with Crippen molar-refractivity contribution < 1.29 is 4.74 Å². The summed E-state index contributed by atoms with van der Waals surface area (Å²) in [6.07, 6.45) is 7.71. The Kier molecular flexibility index (Phi) is 7.90. The molecule has 1 aromatic heterocycles. The number of halogens is 1. The quantitative estimate of drug-likeness (QED) is 0.410. The van der Waals surface area contributed by atoms with Crippen molar-refractivity contribution in [3.63, 3.8) is 0 Å². The van der Waals surface area contributed by atoms with Gasteiger partial charge in [-0.25, -0.2) is 4.99 Å². The van der Waals surface area contributed by atoms with Crippen molar-refractivity contribution >= 4 is 23.2 Å². The first-order valence-corrected chi connectivity index (χ1v) is 8.48. The summed E-state index contributed by atoms with van der Waals surface area (Å²) >= 11 is 5.83. The van der Waals surface area contributed by atoms with Crippen molar-refractivity contribution in [1.82, 2.24) is 10.3 Å². The van der Waals surface area contributed by atoms with E-state index in [1.807, 2.05) is 36.4 Å². The minimum atomic E-state index is 0.437. The number of hydrogen-bond acceptors (Lipinski definition) is 3. The lowest BCUT2D eigenvalue weighted by molar-refractivity contribution is 0.304. The fraction of sp³-hybridized carbons (Fsp3) is 0.333. The van der Waals surface area contributed by atoms with Gasteiger partial charge in [0.05, 0.1) is 12.3 Å². The molecule has 5 nitrogen and oxygen atoms in total. The molecule has 0 aliphatic heterocycles. The summed E-state index contributed by atoms with van der Waals surface area (Å²) < 4.78 is 5.65. The Balaban J connectivity index is 1.49. The number of nitrogens with two attached hydrogens (primary N) is 1. The van der Waals surface area contributed by atoms with Crippen molar-refractivity contribution in [1.29, 1.82) is 0 Å². The highest BCUT2D eigenvalue weighted by Crippen LogP contribution is 2.15. The van der Waals surface area contributed by atoms with Crippen LogP contribution < -0.4 is 15.8 Å². The van der Waals surface area contributed by atoms with Crippen molar-refractivity contribution in [3.05, 3.63) is 53.8 Å². The molecule has 0 aliphatic carbocycles. The molecule has 3 N–H and O–H groups in total. The number of nitrogens with zero attached hydrogens (tertiary/aromatic N) is 2. The molecule has 0 unspecified atom stereocenters. The van der Waals surface area contributed by atoms with Gasteiger partial charge in [-0.05, 0) is 49.2 Å². The predicted molar refractivity (Wildman–Crippen MR) is 98.9 cm³/mol. The van der Waals surface area contributed by atoms with E-state index in [2.05, 4.69) is 15.3 Å². The number of unbranched alkanes of at least 4 members (excludes halogenated alkanes) is 3. The van der Waals surface area contributed by atoms with E-state index in [4.69, 9.17) is 22.1 Å². The van der Waals surface area contributed by atoms with Crippen molar-refractivity contribution in [3.8, 4) is 5.75 Å². The molecule has 0 radical (unpaired) electrons. The third-order valence-electron chi connectivity index (χ3n) is 3.37. The number of rotatable bonds is 9. The average molecular weight is 347 g/mol. The maximum Gasteiger partial charge on any atom is 0.193 e. The second-order valence-electron chi connectivity index (χ2n) is 5.35. The van der Waals surface area contributed by atoms with Gasteiger partial charge >= 0.3 is 0 Å². The monoisotopic (exact) mass is 346 g/mol. The summed E-state index contributed by atoms with van der Waals surface area (Å²) in [5, 5.41) is 3.84. The largest absolute Gasteiger partial charge is 0.494 e. The van der Waals surface area contributed by atoms with Crippen LogP contribution in [0.4, 0.5) is 5.69 Å². The van der Waals surface area contributed by atoms with E-state index in [0.29, 0.717) is 5.96 Å². The number of pyridine rings is 1. The summed E-state index contributed by atoms with van der Waals surface area (Å²) in [6, 6.07) is 11.1. The van der Waals surface area contributed by atoms with Crippen LogP contribution in [-0.2, 0) is 0 Å². The Hall–Kier alpha value is -2.27. The number of benzene rings is 1. The van der Waals surface area contributed by atoms with Gasteiger partial charge in [-0.15, -0.1) is 0 Å². The molecule has 2 aromatic rings. The zero-order valence-electron chi connectivity index (χ0n) is 13.6. The van der Waals surface area contributed by atoms with Crippen LogP contribution in [0.15, 0.2) is 53.8 Å². The number of aliphatic imine (C=N–C) groups is 1. The van der Waals surface area contributed by atoms with Crippen molar-refractivity contribution in [2.24, 2.45) is 10.7 Å². The van der Waals surface area contributed by atoms with Gasteiger partial charge in [-0.2, -0.15) is 0 Å². The molecule has 1 aromatic carbocycles. The molecule has 0 saturated carbocycles. The molecule has 0 aliphatic rings. The van der Waals surface area contributed by atoms with Gasteiger partial charge in [0.25, 0.3) is 0 Å². The molecule has 0 atom stereocenters. The van der Waals surface area contributed by atoms with E-state index in [1.165, 1.54) is 0 Å². The van der Waals surface area contributed by atoms with E-state index in [-0.39, 0.29) is 0 Å². The minimum Gasteiger partial charge on any atom is -0.494 e. The Bertz CT molecular complexity index is 617. The van der Waals surface area contributed by atoms with E-state index >= 15 is 0 Å². The van der Waals surface area contributed by atoms with Gasteiger partial charge in [0.2, 0.25) is 0 Å². The lowest BCUT2D eigenvalue weighted by atomic mass is 10.2. The Morgan fingerprint density at radius 2 is 1.75 bits per heavy atom. The topological polar surface area (TPSA) is 72.5 Å². The van der Waals surface area contributed by atoms with Crippen LogP contribution in [0.2, 0.25) is 5.02 Å². The number of nitrogens with one attached hydrogen (secondary N) is 1. The van der Waals surface area contributed by atoms with E-state index < -0.39 is 0 Å². The zero-order valence-corrected chi connectivity index (χ0v) is 14.4. The highest BCUT2D eigenvalue weighted by atomic mass is 35.5. The predicted octanol–water partition coefficient (Wildman–Crippen LogP) is 3.91. The molecule has 0 saturated heterocycles. The van der Waals surface area contributed by atoms with Crippen LogP contribution in [0.5, 0.6) is 5.75 Å². The van der Waals surface area contributed by atoms with Crippen LogP contribution in [0.25, 0.3) is 0 Å². The smallest absolute Gasteiger partial charge is 0.193 e. The summed E-state index contributed by atoms with van der Waals surface area (Å²) in [5.74, 6) is 1.30. The number of aromatic nitrogens is 1. The van der Waals surface area contributed by atoms with Gasteiger partial charge in [-0.3, -0.25) is 4.98 Å².